The van der Waals surface area contributed by atoms with Crippen LogP contribution >= 0.6 is 0 Å². The SMILES string of the molecule is COc1ccc(CNc2ncccc2C(=O)NOCc2ccc(OC)cc2)cc1. The predicted molar refractivity (Wildman–Crippen MR) is 110 cm³/mol. The van der Waals surface area contributed by atoms with Crippen molar-refractivity contribution in [2.75, 3.05) is 19.5 Å². The predicted octanol–water partition coefficient (Wildman–Crippen LogP) is 3.57. The van der Waals surface area contributed by atoms with Crippen LogP contribution in [0.3, 0.4) is 0 Å². The number of aromatic nitrogens is 1. The summed E-state index contributed by atoms with van der Waals surface area (Å²) >= 11 is 0. The minimum Gasteiger partial charge on any atom is -0.497 e. The molecule has 0 unspecified atom stereocenters. The van der Waals surface area contributed by atoms with Crippen LogP contribution in [-0.4, -0.2) is 25.1 Å². The second-order valence-corrected chi connectivity index (χ2v) is 6.17. The maximum Gasteiger partial charge on any atom is 0.278 e. The molecule has 2 N–H and O–H groups in total. The molecule has 0 saturated carbocycles. The van der Waals surface area contributed by atoms with Crippen molar-refractivity contribution in [2.45, 2.75) is 13.2 Å². The average Bonchev–Trinajstić information content (AvgIpc) is 2.78. The quantitative estimate of drug-likeness (QED) is 0.541. The zero-order valence-corrected chi connectivity index (χ0v) is 16.3. The Kier molecular flexibility index (Phi) is 7.02. The molecule has 150 valence electrons. The van der Waals surface area contributed by atoms with E-state index >= 15 is 0 Å². The van der Waals surface area contributed by atoms with Gasteiger partial charge in [-0.3, -0.25) is 9.63 Å². The molecule has 0 aliphatic heterocycles. The van der Waals surface area contributed by atoms with E-state index in [4.69, 9.17) is 14.3 Å². The molecule has 0 fully saturated rings. The molecular formula is C22H23N3O4. The largest absolute Gasteiger partial charge is 0.497 e. The third kappa shape index (κ3) is 5.70. The van der Waals surface area contributed by atoms with Gasteiger partial charge in [0.25, 0.3) is 5.91 Å². The van der Waals surface area contributed by atoms with Crippen molar-refractivity contribution >= 4 is 11.7 Å². The molecular weight excluding hydrogens is 370 g/mol. The molecule has 2 aromatic carbocycles. The monoisotopic (exact) mass is 393 g/mol. The summed E-state index contributed by atoms with van der Waals surface area (Å²) in [6.07, 6.45) is 1.63. The van der Waals surface area contributed by atoms with Gasteiger partial charge in [0.15, 0.2) is 0 Å². The van der Waals surface area contributed by atoms with Crippen LogP contribution in [-0.2, 0) is 18.0 Å². The number of anilines is 1. The topological polar surface area (TPSA) is 81.7 Å². The molecule has 7 nitrogen and oxygen atoms in total. The van der Waals surface area contributed by atoms with E-state index in [1.165, 1.54) is 0 Å². The molecule has 3 rings (SSSR count). The highest BCUT2D eigenvalue weighted by molar-refractivity contribution is 5.98. The second-order valence-electron chi connectivity index (χ2n) is 6.17. The highest BCUT2D eigenvalue weighted by atomic mass is 16.6. The fourth-order valence-electron chi connectivity index (χ4n) is 2.62. The number of ether oxygens (including phenoxy) is 2. The van der Waals surface area contributed by atoms with Gasteiger partial charge in [-0.15, -0.1) is 0 Å². The number of rotatable bonds is 9. The van der Waals surface area contributed by atoms with Gasteiger partial charge in [-0.25, -0.2) is 10.5 Å². The summed E-state index contributed by atoms with van der Waals surface area (Å²) in [7, 11) is 3.24. The third-order valence-corrected chi connectivity index (χ3v) is 4.23. The summed E-state index contributed by atoms with van der Waals surface area (Å²) in [5, 5.41) is 3.19. The summed E-state index contributed by atoms with van der Waals surface area (Å²) in [6, 6.07) is 18.5. The van der Waals surface area contributed by atoms with E-state index in [2.05, 4.69) is 15.8 Å². The lowest BCUT2D eigenvalue weighted by Crippen LogP contribution is -2.25. The van der Waals surface area contributed by atoms with E-state index < -0.39 is 0 Å². The van der Waals surface area contributed by atoms with Gasteiger partial charge in [-0.2, -0.15) is 0 Å². The van der Waals surface area contributed by atoms with Gasteiger partial charge in [0.05, 0.1) is 26.4 Å². The highest BCUT2D eigenvalue weighted by Crippen LogP contribution is 2.16. The molecule has 0 spiro atoms. The number of nitrogens with one attached hydrogen (secondary N) is 2. The van der Waals surface area contributed by atoms with Gasteiger partial charge in [-0.1, -0.05) is 24.3 Å². The molecule has 0 radical (unpaired) electrons. The van der Waals surface area contributed by atoms with E-state index in [1.54, 1.807) is 32.5 Å². The van der Waals surface area contributed by atoms with Gasteiger partial charge in [-0.05, 0) is 47.5 Å². The number of hydrogen-bond acceptors (Lipinski definition) is 6. The van der Waals surface area contributed by atoms with E-state index in [0.29, 0.717) is 17.9 Å². The highest BCUT2D eigenvalue weighted by Gasteiger charge is 2.12. The van der Waals surface area contributed by atoms with Gasteiger partial charge in [0.2, 0.25) is 0 Å². The molecule has 3 aromatic rings. The molecule has 1 aromatic heterocycles. The Morgan fingerprint density at radius 2 is 1.52 bits per heavy atom. The normalized spacial score (nSPS) is 10.3. The minimum atomic E-state index is -0.371. The third-order valence-electron chi connectivity index (χ3n) is 4.23. The number of carbonyl (C=O) groups is 1. The second kappa shape index (κ2) is 10.1. The Labute approximate surface area is 169 Å². The average molecular weight is 393 g/mol. The molecule has 0 atom stereocenters. The van der Waals surface area contributed by atoms with Crippen molar-refractivity contribution in [2.24, 2.45) is 0 Å². The van der Waals surface area contributed by atoms with Gasteiger partial charge < -0.3 is 14.8 Å². The Bertz CT molecular complexity index is 928. The summed E-state index contributed by atoms with van der Waals surface area (Å²) in [5.74, 6) is 1.67. The molecule has 1 amide bonds. The Balaban J connectivity index is 1.55. The van der Waals surface area contributed by atoms with Crippen molar-refractivity contribution < 1.29 is 19.1 Å². The van der Waals surface area contributed by atoms with Crippen molar-refractivity contribution in [3.63, 3.8) is 0 Å². The van der Waals surface area contributed by atoms with E-state index in [1.807, 2.05) is 48.5 Å². The van der Waals surface area contributed by atoms with Crippen molar-refractivity contribution in [3.8, 4) is 11.5 Å². The summed E-state index contributed by atoms with van der Waals surface area (Å²) in [4.78, 5) is 22.1. The lowest BCUT2D eigenvalue weighted by Gasteiger charge is -2.12. The molecule has 0 saturated heterocycles. The first-order valence-electron chi connectivity index (χ1n) is 9.06. The van der Waals surface area contributed by atoms with Crippen LogP contribution in [0, 0.1) is 0 Å². The first kappa shape index (κ1) is 20.2. The van der Waals surface area contributed by atoms with Crippen LogP contribution in [0.1, 0.15) is 21.5 Å². The minimum absolute atomic E-state index is 0.241. The number of nitrogens with zero attached hydrogens (tertiary/aromatic N) is 1. The van der Waals surface area contributed by atoms with Gasteiger partial charge >= 0.3 is 0 Å². The number of hydroxylamine groups is 1. The van der Waals surface area contributed by atoms with E-state index in [0.717, 1.165) is 22.6 Å². The van der Waals surface area contributed by atoms with Crippen molar-refractivity contribution in [1.29, 1.82) is 0 Å². The standard InChI is InChI=1S/C22H23N3O4/c1-27-18-9-5-16(6-10-18)14-24-21-20(4-3-13-23-21)22(26)25-29-15-17-7-11-19(28-2)12-8-17/h3-13H,14-15H2,1-2H3,(H,23,24)(H,25,26). The van der Waals surface area contributed by atoms with Crippen molar-refractivity contribution in [1.82, 2.24) is 10.5 Å². The number of carbonyl (C=O) groups excluding carboxylic acids is 1. The Hall–Kier alpha value is -3.58. The maximum absolute atomic E-state index is 12.5. The number of amides is 1. The smallest absolute Gasteiger partial charge is 0.278 e. The zero-order chi connectivity index (χ0) is 20.5. The Morgan fingerprint density at radius 3 is 2.14 bits per heavy atom. The molecule has 0 aliphatic carbocycles. The molecule has 0 bridgehead atoms. The van der Waals surface area contributed by atoms with E-state index in [9.17, 15) is 4.79 Å². The lowest BCUT2D eigenvalue weighted by molar-refractivity contribution is 0.0234. The van der Waals surface area contributed by atoms with Crippen LogP contribution in [0.4, 0.5) is 5.82 Å². The van der Waals surface area contributed by atoms with Crippen LogP contribution in [0.5, 0.6) is 11.5 Å². The number of pyridine rings is 1. The number of benzene rings is 2. The molecule has 0 aliphatic rings. The van der Waals surface area contributed by atoms with Crippen LogP contribution in [0.15, 0.2) is 66.9 Å². The number of hydrogen-bond donors (Lipinski definition) is 2. The first-order valence-corrected chi connectivity index (χ1v) is 9.06. The maximum atomic E-state index is 12.5. The number of methoxy groups -OCH3 is 2. The van der Waals surface area contributed by atoms with Gasteiger partial charge in [0.1, 0.15) is 17.3 Å². The fraction of sp³-hybridized carbons (Fsp3) is 0.182. The van der Waals surface area contributed by atoms with Crippen molar-refractivity contribution in [3.05, 3.63) is 83.6 Å². The van der Waals surface area contributed by atoms with E-state index in [-0.39, 0.29) is 12.5 Å². The Morgan fingerprint density at radius 1 is 0.897 bits per heavy atom. The van der Waals surface area contributed by atoms with Crippen LogP contribution in [0.25, 0.3) is 0 Å². The lowest BCUT2D eigenvalue weighted by atomic mass is 10.2. The first-order chi connectivity index (χ1) is 14.2. The molecule has 7 heteroatoms. The molecule has 29 heavy (non-hydrogen) atoms. The van der Waals surface area contributed by atoms with Gasteiger partial charge in [0, 0.05) is 12.7 Å². The molecule has 1 heterocycles. The summed E-state index contributed by atoms with van der Waals surface area (Å²) in [5.41, 5.74) is 4.81. The van der Waals surface area contributed by atoms with Crippen LogP contribution in [0.2, 0.25) is 0 Å². The fourth-order valence-corrected chi connectivity index (χ4v) is 2.62. The van der Waals surface area contributed by atoms with Crippen LogP contribution < -0.4 is 20.3 Å². The zero-order valence-electron chi connectivity index (χ0n) is 16.3. The summed E-state index contributed by atoms with van der Waals surface area (Å²) in [6.45, 7) is 0.762. The summed E-state index contributed by atoms with van der Waals surface area (Å²) < 4.78 is 10.3.